The van der Waals surface area contributed by atoms with E-state index in [-0.39, 0.29) is 0 Å². The Morgan fingerprint density at radius 1 is 0.706 bits per heavy atom. The fourth-order valence-electron chi connectivity index (χ4n) is 0.683. The number of hydrogen-bond acceptors (Lipinski definition) is 4. The van der Waals surface area contributed by atoms with Gasteiger partial charge in [-0.15, -0.1) is 4.13 Å². The molecule has 17 heavy (non-hydrogen) atoms. The van der Waals surface area contributed by atoms with Crippen molar-refractivity contribution in [3.8, 4) is 0 Å². The van der Waals surface area contributed by atoms with Crippen LogP contribution in [0.15, 0.2) is 0 Å². The molecule has 0 atom stereocenters. The van der Waals surface area contributed by atoms with Gasteiger partial charge in [0, 0.05) is 0 Å². The van der Waals surface area contributed by atoms with Crippen LogP contribution in [0.5, 0.6) is 0 Å². The highest BCUT2D eigenvalue weighted by molar-refractivity contribution is 8.04. The predicted octanol–water partition coefficient (Wildman–Crippen LogP) is 0.360. The molecule has 0 aromatic rings. The van der Waals surface area contributed by atoms with E-state index in [2.05, 4.69) is 0 Å². The molecule has 0 aromatic heterocycles. The molecule has 0 saturated heterocycles. The molecule has 0 fully saturated rings. The molecule has 0 aliphatic carbocycles. The molecule has 0 aromatic carbocycles. The van der Waals surface area contributed by atoms with Crippen LogP contribution in [0.1, 0.15) is 0 Å². The molecule has 0 heterocycles. The normalized spacial score (nSPS) is 14.9. The average Bonchev–Trinajstić information content (AvgIpc) is 1.65. The summed E-state index contributed by atoms with van der Waals surface area (Å²) < 4.78 is 112. The first kappa shape index (κ1) is 16.4. The number of rotatable bonds is 4. The topological polar surface area (TPSA) is 80.3 Å². The van der Waals surface area contributed by atoms with Crippen LogP contribution in [0.2, 0.25) is 0 Å². The van der Waals surface area contributed by atoms with Crippen molar-refractivity contribution in [2.75, 3.05) is 11.5 Å². The summed E-state index contributed by atoms with van der Waals surface area (Å²) in [4.78, 5) is 0. The standard InChI is InChI=1S/C4H5F6NO4S2/c5-3(6,7)1-16(12,13)11-17(14,15)2-4(8,9)10/h11H,1-2H2. The Labute approximate surface area is 91.9 Å². The second-order valence-corrected chi connectivity index (χ2v) is 6.53. The summed E-state index contributed by atoms with van der Waals surface area (Å²) in [6.07, 6.45) is -10.5. The molecule has 0 bridgehead atoms. The van der Waals surface area contributed by atoms with E-state index >= 15 is 0 Å². The number of halogens is 6. The van der Waals surface area contributed by atoms with E-state index in [1.165, 1.54) is 0 Å². The molecule has 0 unspecified atom stereocenters. The Hall–Kier alpha value is -0.560. The van der Waals surface area contributed by atoms with Crippen molar-refractivity contribution in [1.82, 2.24) is 4.13 Å². The lowest BCUT2D eigenvalue weighted by molar-refractivity contribution is -0.107. The zero-order valence-corrected chi connectivity index (χ0v) is 9.26. The van der Waals surface area contributed by atoms with E-state index < -0.39 is 43.9 Å². The fraction of sp³-hybridized carbons (Fsp3) is 1.00. The zero-order valence-electron chi connectivity index (χ0n) is 7.63. The Morgan fingerprint density at radius 2 is 0.941 bits per heavy atom. The van der Waals surface area contributed by atoms with Gasteiger partial charge in [-0.3, -0.25) is 0 Å². The smallest absolute Gasteiger partial charge is 0.211 e. The lowest BCUT2D eigenvalue weighted by atomic mass is 10.8. The second kappa shape index (κ2) is 4.61. The minimum Gasteiger partial charge on any atom is -0.211 e. The fourth-order valence-corrected chi connectivity index (χ4v) is 3.56. The first-order chi connectivity index (χ1) is 7.12. The Balaban J connectivity index is 4.86. The molecular formula is C4H5F6NO4S2. The summed E-state index contributed by atoms with van der Waals surface area (Å²) in [6.45, 7) is 0. The number of sulfonamides is 2. The molecule has 104 valence electrons. The maximum Gasteiger partial charge on any atom is 0.404 e. The van der Waals surface area contributed by atoms with Crippen molar-refractivity contribution in [2.45, 2.75) is 12.4 Å². The van der Waals surface area contributed by atoms with Crippen molar-refractivity contribution in [3.63, 3.8) is 0 Å². The van der Waals surface area contributed by atoms with Crippen LogP contribution in [-0.2, 0) is 20.0 Å². The second-order valence-electron chi connectivity index (χ2n) is 2.83. The minimum absolute atomic E-state index is 0.350. The third kappa shape index (κ3) is 9.17. The molecule has 1 N–H and O–H groups in total. The van der Waals surface area contributed by atoms with Gasteiger partial charge in [0.1, 0.15) is 0 Å². The van der Waals surface area contributed by atoms with E-state index in [1.807, 2.05) is 0 Å². The molecule has 13 heteroatoms. The van der Waals surface area contributed by atoms with Gasteiger partial charge in [-0.2, -0.15) is 26.3 Å². The van der Waals surface area contributed by atoms with Crippen LogP contribution in [-0.4, -0.2) is 40.7 Å². The van der Waals surface area contributed by atoms with Crippen molar-refractivity contribution in [2.24, 2.45) is 0 Å². The summed E-state index contributed by atoms with van der Waals surface area (Å²) in [7, 11) is -10.9. The van der Waals surface area contributed by atoms with Crippen molar-refractivity contribution in [3.05, 3.63) is 0 Å². The van der Waals surface area contributed by atoms with E-state index in [0.29, 0.717) is 4.13 Å². The summed E-state index contributed by atoms with van der Waals surface area (Å²) in [5, 5.41) is 0. The van der Waals surface area contributed by atoms with Gasteiger partial charge < -0.3 is 0 Å². The van der Waals surface area contributed by atoms with Crippen molar-refractivity contribution >= 4 is 20.0 Å². The quantitative estimate of drug-likeness (QED) is 0.760. The monoisotopic (exact) mass is 309 g/mol. The van der Waals surface area contributed by atoms with Gasteiger partial charge in [-0.25, -0.2) is 16.8 Å². The van der Waals surface area contributed by atoms with Crippen LogP contribution in [0, 0.1) is 0 Å². The van der Waals surface area contributed by atoms with E-state index in [9.17, 15) is 43.2 Å². The maximum atomic E-state index is 11.6. The SMILES string of the molecule is O=S(=O)(CC(F)(F)F)NS(=O)(=O)CC(F)(F)F. The first-order valence-electron chi connectivity index (χ1n) is 3.49. The van der Waals surface area contributed by atoms with Gasteiger partial charge in [-0.05, 0) is 0 Å². The molecule has 0 saturated carbocycles. The molecule has 0 aliphatic heterocycles. The average molecular weight is 309 g/mol. The Kier molecular flexibility index (Phi) is 4.45. The van der Waals surface area contributed by atoms with Crippen LogP contribution < -0.4 is 4.13 Å². The van der Waals surface area contributed by atoms with Crippen molar-refractivity contribution < 1.29 is 43.2 Å². The maximum absolute atomic E-state index is 11.6. The zero-order chi connectivity index (χ0) is 14.1. The molecule has 0 aliphatic rings. The number of nitrogens with one attached hydrogen (secondary N) is 1. The molecule has 0 amide bonds. The summed E-state index contributed by atoms with van der Waals surface area (Å²) in [5.74, 6) is -5.17. The molecular weight excluding hydrogens is 304 g/mol. The van der Waals surface area contributed by atoms with E-state index in [4.69, 9.17) is 0 Å². The van der Waals surface area contributed by atoms with Crippen LogP contribution in [0.4, 0.5) is 26.3 Å². The summed E-state index contributed by atoms with van der Waals surface area (Å²) >= 11 is 0. The summed E-state index contributed by atoms with van der Waals surface area (Å²) in [5.41, 5.74) is 0. The Bertz CT molecular complexity index is 415. The van der Waals surface area contributed by atoms with Gasteiger partial charge in [0.2, 0.25) is 20.0 Å². The van der Waals surface area contributed by atoms with Gasteiger partial charge in [0.25, 0.3) is 0 Å². The van der Waals surface area contributed by atoms with Gasteiger partial charge >= 0.3 is 12.4 Å². The predicted molar refractivity (Wildman–Crippen MR) is 42.8 cm³/mol. The number of hydrogen-bond donors (Lipinski definition) is 1. The molecule has 0 radical (unpaired) electrons. The third-order valence-electron chi connectivity index (χ3n) is 0.961. The van der Waals surface area contributed by atoms with Gasteiger partial charge in [0.05, 0.1) is 0 Å². The largest absolute Gasteiger partial charge is 0.404 e. The van der Waals surface area contributed by atoms with Crippen molar-refractivity contribution in [1.29, 1.82) is 0 Å². The minimum atomic E-state index is -5.43. The molecule has 0 rings (SSSR count). The molecule has 0 spiro atoms. The van der Waals surface area contributed by atoms with Gasteiger partial charge in [0.15, 0.2) is 11.5 Å². The highest BCUT2D eigenvalue weighted by atomic mass is 32.3. The summed E-state index contributed by atoms with van der Waals surface area (Å²) in [6, 6.07) is 0. The molecule has 5 nitrogen and oxygen atoms in total. The van der Waals surface area contributed by atoms with Gasteiger partial charge in [-0.1, -0.05) is 0 Å². The lowest BCUT2D eigenvalue weighted by Crippen LogP contribution is -2.41. The lowest BCUT2D eigenvalue weighted by Gasteiger charge is -2.11. The third-order valence-corrected chi connectivity index (χ3v) is 4.41. The number of alkyl halides is 6. The van der Waals surface area contributed by atoms with E-state index in [0.717, 1.165) is 0 Å². The first-order valence-corrected chi connectivity index (χ1v) is 6.80. The Morgan fingerprint density at radius 3 is 1.12 bits per heavy atom. The highest BCUT2D eigenvalue weighted by Gasteiger charge is 2.41. The van der Waals surface area contributed by atoms with Crippen LogP contribution in [0.25, 0.3) is 0 Å². The van der Waals surface area contributed by atoms with Crippen LogP contribution in [0.3, 0.4) is 0 Å². The van der Waals surface area contributed by atoms with E-state index in [1.54, 1.807) is 0 Å². The van der Waals surface area contributed by atoms with Crippen LogP contribution >= 0.6 is 0 Å². The highest BCUT2D eigenvalue weighted by Crippen LogP contribution is 2.19.